The third-order valence-electron chi connectivity index (χ3n) is 2.45. The molecule has 0 aromatic heterocycles. The molecule has 0 N–H and O–H groups in total. The SMILES string of the molecule is O=C1CCc2c1ccc(C(F)(F)F)c2I. The van der Waals surface area contributed by atoms with Crippen LogP contribution in [0.15, 0.2) is 12.1 Å². The lowest BCUT2D eigenvalue weighted by molar-refractivity contribution is -0.138. The van der Waals surface area contributed by atoms with E-state index in [1.54, 1.807) is 22.6 Å². The highest BCUT2D eigenvalue weighted by Gasteiger charge is 2.35. The Labute approximate surface area is 97.8 Å². The molecule has 0 aliphatic heterocycles. The lowest BCUT2D eigenvalue weighted by atomic mass is 10.1. The van der Waals surface area contributed by atoms with Crippen molar-refractivity contribution in [1.82, 2.24) is 0 Å². The van der Waals surface area contributed by atoms with Gasteiger partial charge in [-0.15, -0.1) is 0 Å². The van der Waals surface area contributed by atoms with Crippen molar-refractivity contribution in [2.24, 2.45) is 0 Å². The first-order valence-corrected chi connectivity index (χ1v) is 5.41. The summed E-state index contributed by atoms with van der Waals surface area (Å²) in [6.07, 6.45) is -3.58. The average Bonchev–Trinajstić information content (AvgIpc) is 2.47. The van der Waals surface area contributed by atoms with Crippen molar-refractivity contribution in [3.05, 3.63) is 32.4 Å². The average molecular weight is 326 g/mol. The first kappa shape index (κ1) is 10.9. The number of carbonyl (C=O) groups is 1. The Morgan fingerprint density at radius 2 is 1.87 bits per heavy atom. The molecule has 0 spiro atoms. The normalized spacial score (nSPS) is 15.6. The van der Waals surface area contributed by atoms with Gasteiger partial charge in [-0.05, 0) is 40.6 Å². The first-order chi connectivity index (χ1) is 6.91. The Bertz CT molecular complexity index is 437. The van der Waals surface area contributed by atoms with Crippen LogP contribution < -0.4 is 0 Å². The Morgan fingerprint density at radius 1 is 1.20 bits per heavy atom. The van der Waals surface area contributed by atoms with Crippen LogP contribution in [0.25, 0.3) is 0 Å². The molecule has 80 valence electrons. The predicted molar refractivity (Wildman–Crippen MR) is 56.8 cm³/mol. The van der Waals surface area contributed by atoms with Crippen LogP contribution in [0.2, 0.25) is 0 Å². The maximum Gasteiger partial charge on any atom is 0.417 e. The molecule has 2 rings (SSSR count). The number of hydrogen-bond acceptors (Lipinski definition) is 1. The minimum Gasteiger partial charge on any atom is -0.294 e. The fourth-order valence-electron chi connectivity index (χ4n) is 1.72. The molecule has 1 nitrogen and oxygen atoms in total. The van der Waals surface area contributed by atoms with Crippen LogP contribution >= 0.6 is 22.6 Å². The summed E-state index contributed by atoms with van der Waals surface area (Å²) in [4.78, 5) is 11.3. The lowest BCUT2D eigenvalue weighted by Gasteiger charge is -2.11. The van der Waals surface area contributed by atoms with Crippen LogP contribution in [0.5, 0.6) is 0 Å². The Morgan fingerprint density at radius 3 is 2.47 bits per heavy atom. The van der Waals surface area contributed by atoms with Crippen LogP contribution in [-0.4, -0.2) is 5.78 Å². The van der Waals surface area contributed by atoms with Crippen LogP contribution in [0.4, 0.5) is 13.2 Å². The zero-order valence-electron chi connectivity index (χ0n) is 7.49. The minimum absolute atomic E-state index is 0.0587. The highest BCUT2D eigenvalue weighted by molar-refractivity contribution is 14.1. The molecule has 0 atom stereocenters. The Balaban J connectivity index is 2.61. The number of halogens is 4. The van der Waals surface area contributed by atoms with Gasteiger partial charge in [-0.2, -0.15) is 13.2 Å². The summed E-state index contributed by atoms with van der Waals surface area (Å²) in [7, 11) is 0. The number of Topliss-reactive ketones (excluding diaryl/α,β-unsaturated/α-hetero) is 1. The summed E-state index contributed by atoms with van der Waals surface area (Å²) in [5, 5.41) is 0. The third kappa shape index (κ3) is 1.77. The molecule has 0 heterocycles. The quantitative estimate of drug-likeness (QED) is 0.668. The number of fused-ring (bicyclic) bond motifs is 1. The number of ketones is 1. The standard InChI is InChI=1S/C10H6F3IO/c11-10(12,13)7-3-1-5-6(9(7)14)2-4-8(5)15/h1,3H,2,4H2. The second-order valence-electron chi connectivity index (χ2n) is 3.37. The largest absolute Gasteiger partial charge is 0.417 e. The minimum atomic E-state index is -4.34. The summed E-state index contributed by atoms with van der Waals surface area (Å²) in [6, 6.07) is 2.28. The molecule has 5 heteroatoms. The maximum absolute atomic E-state index is 12.5. The number of benzene rings is 1. The van der Waals surface area contributed by atoms with Gasteiger partial charge in [0.2, 0.25) is 0 Å². The van der Waals surface area contributed by atoms with E-state index >= 15 is 0 Å². The fraction of sp³-hybridized carbons (Fsp3) is 0.300. The van der Waals surface area contributed by atoms with E-state index in [1.807, 2.05) is 0 Å². The van der Waals surface area contributed by atoms with Gasteiger partial charge in [0, 0.05) is 15.6 Å². The van der Waals surface area contributed by atoms with Crippen molar-refractivity contribution >= 4 is 28.4 Å². The van der Waals surface area contributed by atoms with Crippen LogP contribution in [0.3, 0.4) is 0 Å². The Hall–Kier alpha value is -0.590. The van der Waals surface area contributed by atoms with E-state index in [1.165, 1.54) is 6.07 Å². The van der Waals surface area contributed by atoms with Gasteiger partial charge in [0.15, 0.2) is 5.78 Å². The summed E-state index contributed by atoms with van der Waals surface area (Å²) in [5.41, 5.74) is 0.361. The smallest absolute Gasteiger partial charge is 0.294 e. The van der Waals surface area contributed by atoms with Crippen molar-refractivity contribution in [3.63, 3.8) is 0 Å². The van der Waals surface area contributed by atoms with Crippen molar-refractivity contribution in [2.75, 3.05) is 0 Å². The van der Waals surface area contributed by atoms with Gasteiger partial charge in [-0.1, -0.05) is 6.07 Å². The van der Waals surface area contributed by atoms with Crippen LogP contribution in [-0.2, 0) is 12.6 Å². The van der Waals surface area contributed by atoms with Gasteiger partial charge in [-0.25, -0.2) is 0 Å². The van der Waals surface area contributed by atoms with Gasteiger partial charge >= 0.3 is 6.18 Å². The molecule has 0 fully saturated rings. The first-order valence-electron chi connectivity index (χ1n) is 4.33. The molecule has 0 bridgehead atoms. The zero-order valence-corrected chi connectivity index (χ0v) is 9.65. The molecule has 1 aromatic rings. The van der Waals surface area contributed by atoms with E-state index in [-0.39, 0.29) is 9.35 Å². The second kappa shape index (κ2) is 3.47. The van der Waals surface area contributed by atoms with Gasteiger partial charge in [0.05, 0.1) is 5.56 Å². The van der Waals surface area contributed by atoms with Gasteiger partial charge in [-0.3, -0.25) is 4.79 Å². The van der Waals surface area contributed by atoms with E-state index in [0.29, 0.717) is 24.0 Å². The van der Waals surface area contributed by atoms with E-state index in [0.717, 1.165) is 6.07 Å². The van der Waals surface area contributed by atoms with E-state index in [2.05, 4.69) is 0 Å². The molecule has 1 aliphatic carbocycles. The molecule has 1 aromatic carbocycles. The van der Waals surface area contributed by atoms with E-state index in [4.69, 9.17) is 0 Å². The van der Waals surface area contributed by atoms with Gasteiger partial charge in [0.1, 0.15) is 0 Å². The number of alkyl halides is 3. The Kier molecular flexibility index (Phi) is 2.52. The van der Waals surface area contributed by atoms with Crippen LogP contribution in [0.1, 0.15) is 27.9 Å². The fourth-order valence-corrected chi connectivity index (χ4v) is 2.76. The highest BCUT2D eigenvalue weighted by Crippen LogP contribution is 2.37. The number of hydrogen-bond donors (Lipinski definition) is 0. The van der Waals surface area contributed by atoms with Crippen molar-refractivity contribution in [1.29, 1.82) is 0 Å². The molecular formula is C10H6F3IO. The number of rotatable bonds is 0. The zero-order chi connectivity index (χ0) is 11.2. The predicted octanol–water partition coefficient (Wildman–Crippen LogP) is 3.44. The molecule has 1 aliphatic rings. The monoisotopic (exact) mass is 326 g/mol. The summed E-state index contributed by atoms with van der Waals surface area (Å²) >= 11 is 1.67. The highest BCUT2D eigenvalue weighted by atomic mass is 127. The molecule has 0 amide bonds. The van der Waals surface area contributed by atoms with E-state index in [9.17, 15) is 18.0 Å². The summed E-state index contributed by atoms with van der Waals surface area (Å²) in [5.74, 6) is -0.0587. The number of carbonyl (C=O) groups excluding carboxylic acids is 1. The van der Waals surface area contributed by atoms with E-state index < -0.39 is 11.7 Å². The lowest BCUT2D eigenvalue weighted by Crippen LogP contribution is -2.09. The van der Waals surface area contributed by atoms with Crippen LogP contribution in [0, 0.1) is 3.57 Å². The van der Waals surface area contributed by atoms with Crippen molar-refractivity contribution in [2.45, 2.75) is 19.0 Å². The van der Waals surface area contributed by atoms with Crippen molar-refractivity contribution < 1.29 is 18.0 Å². The third-order valence-corrected chi connectivity index (χ3v) is 3.68. The second-order valence-corrected chi connectivity index (χ2v) is 4.45. The molecule has 15 heavy (non-hydrogen) atoms. The van der Waals surface area contributed by atoms with Gasteiger partial charge < -0.3 is 0 Å². The summed E-state index contributed by atoms with van der Waals surface area (Å²) in [6.45, 7) is 0. The van der Waals surface area contributed by atoms with Gasteiger partial charge in [0.25, 0.3) is 0 Å². The van der Waals surface area contributed by atoms with Crippen molar-refractivity contribution in [3.8, 4) is 0 Å². The maximum atomic E-state index is 12.5. The molecule has 0 radical (unpaired) electrons. The molecule has 0 unspecified atom stereocenters. The molecular weight excluding hydrogens is 320 g/mol. The topological polar surface area (TPSA) is 17.1 Å². The molecule has 0 saturated carbocycles. The summed E-state index contributed by atoms with van der Waals surface area (Å²) < 4.78 is 37.7. The molecule has 0 saturated heterocycles.